The predicted molar refractivity (Wildman–Crippen MR) is 60.5 cm³/mol. The molecule has 0 aliphatic heterocycles. The highest BCUT2D eigenvalue weighted by Gasteiger charge is 2.20. The fourth-order valence-electron chi connectivity index (χ4n) is 1.52. The quantitative estimate of drug-likeness (QED) is 0.761. The van der Waals surface area contributed by atoms with Crippen LogP contribution in [0.25, 0.3) is 0 Å². The first-order valence-electron chi connectivity index (χ1n) is 4.82. The van der Waals surface area contributed by atoms with Gasteiger partial charge in [0, 0.05) is 5.56 Å². The number of hydrogen-bond donors (Lipinski definition) is 2. The molecule has 16 heavy (non-hydrogen) atoms. The first-order chi connectivity index (χ1) is 7.63. The van der Waals surface area contributed by atoms with Crippen LogP contribution in [-0.2, 0) is 4.79 Å². The van der Waals surface area contributed by atoms with E-state index in [2.05, 4.69) is 5.32 Å². The summed E-state index contributed by atoms with van der Waals surface area (Å²) >= 11 is 0. The van der Waals surface area contributed by atoms with Gasteiger partial charge in [-0.1, -0.05) is 0 Å². The van der Waals surface area contributed by atoms with E-state index in [1.165, 1.54) is 0 Å². The molecular formula is C11H16N2O3. The molecule has 1 rings (SSSR count). The van der Waals surface area contributed by atoms with Crippen LogP contribution in [0.1, 0.15) is 11.6 Å². The number of rotatable bonds is 5. The van der Waals surface area contributed by atoms with Gasteiger partial charge in [0.15, 0.2) is 0 Å². The van der Waals surface area contributed by atoms with Crippen LogP contribution in [0.15, 0.2) is 18.2 Å². The van der Waals surface area contributed by atoms with E-state index in [1.54, 1.807) is 39.5 Å². The van der Waals surface area contributed by atoms with Gasteiger partial charge in [-0.2, -0.15) is 0 Å². The van der Waals surface area contributed by atoms with Crippen molar-refractivity contribution in [1.29, 1.82) is 0 Å². The molecule has 0 radical (unpaired) electrons. The van der Waals surface area contributed by atoms with Gasteiger partial charge in [0.05, 0.1) is 14.2 Å². The van der Waals surface area contributed by atoms with Crippen molar-refractivity contribution in [2.24, 2.45) is 5.73 Å². The van der Waals surface area contributed by atoms with Crippen LogP contribution < -0.4 is 20.5 Å². The van der Waals surface area contributed by atoms with Crippen LogP contribution in [0.4, 0.5) is 0 Å². The van der Waals surface area contributed by atoms with Gasteiger partial charge >= 0.3 is 0 Å². The summed E-state index contributed by atoms with van der Waals surface area (Å²) in [7, 11) is 4.76. The van der Waals surface area contributed by atoms with Gasteiger partial charge in [0.1, 0.15) is 17.5 Å². The van der Waals surface area contributed by atoms with Crippen LogP contribution in [0.3, 0.4) is 0 Å². The highest BCUT2D eigenvalue weighted by atomic mass is 16.5. The Hall–Kier alpha value is -1.75. The lowest BCUT2D eigenvalue weighted by molar-refractivity contribution is -0.120. The van der Waals surface area contributed by atoms with Crippen molar-refractivity contribution in [3.8, 4) is 11.5 Å². The molecule has 0 fully saturated rings. The number of carbonyl (C=O) groups excluding carboxylic acids is 1. The van der Waals surface area contributed by atoms with E-state index >= 15 is 0 Å². The molecule has 1 amide bonds. The topological polar surface area (TPSA) is 73.6 Å². The second-order valence-electron chi connectivity index (χ2n) is 3.23. The average Bonchev–Trinajstić information content (AvgIpc) is 2.29. The molecular weight excluding hydrogens is 208 g/mol. The van der Waals surface area contributed by atoms with Crippen molar-refractivity contribution < 1.29 is 14.3 Å². The maximum atomic E-state index is 11.3. The van der Waals surface area contributed by atoms with Gasteiger partial charge < -0.3 is 20.5 Å². The van der Waals surface area contributed by atoms with E-state index in [1.807, 2.05) is 0 Å². The third kappa shape index (κ3) is 2.43. The van der Waals surface area contributed by atoms with Crippen molar-refractivity contribution in [2.75, 3.05) is 21.3 Å². The van der Waals surface area contributed by atoms with Crippen LogP contribution >= 0.6 is 0 Å². The molecule has 0 spiro atoms. The normalized spacial score (nSPS) is 11.9. The third-order valence-electron chi connectivity index (χ3n) is 2.32. The summed E-state index contributed by atoms with van der Waals surface area (Å²) in [6.45, 7) is 0. The Morgan fingerprint density at radius 3 is 2.50 bits per heavy atom. The molecule has 0 bridgehead atoms. The molecule has 5 heteroatoms. The molecule has 1 aromatic carbocycles. The minimum absolute atomic E-state index is 0.464. The van der Waals surface area contributed by atoms with Crippen LogP contribution in [0.5, 0.6) is 11.5 Å². The Labute approximate surface area is 94.5 Å². The van der Waals surface area contributed by atoms with Crippen LogP contribution in [-0.4, -0.2) is 27.2 Å². The summed E-state index contributed by atoms with van der Waals surface area (Å²) in [4.78, 5) is 11.3. The number of amides is 1. The molecule has 1 atom stereocenters. The number of carbonyl (C=O) groups is 1. The van der Waals surface area contributed by atoms with Crippen molar-refractivity contribution in [1.82, 2.24) is 5.32 Å². The Kier molecular flexibility index (Phi) is 4.13. The van der Waals surface area contributed by atoms with E-state index in [0.29, 0.717) is 17.1 Å². The summed E-state index contributed by atoms with van der Waals surface area (Å²) in [6, 6.07) is 4.63. The minimum atomic E-state index is -0.593. The standard InChI is InChI=1S/C11H16N2O3/c1-13-10(11(12)14)8-6-7(15-2)4-5-9(8)16-3/h4-6,10,13H,1-3H3,(H2,12,14). The van der Waals surface area contributed by atoms with Crippen LogP contribution in [0, 0.1) is 0 Å². The largest absolute Gasteiger partial charge is 0.497 e. The van der Waals surface area contributed by atoms with E-state index in [0.717, 1.165) is 0 Å². The number of nitrogens with two attached hydrogens (primary N) is 1. The smallest absolute Gasteiger partial charge is 0.239 e. The van der Waals surface area contributed by atoms with E-state index in [4.69, 9.17) is 15.2 Å². The van der Waals surface area contributed by atoms with Gasteiger partial charge in [-0.25, -0.2) is 0 Å². The van der Waals surface area contributed by atoms with Crippen molar-refractivity contribution in [3.63, 3.8) is 0 Å². The molecule has 1 aromatic rings. The van der Waals surface area contributed by atoms with Crippen molar-refractivity contribution in [3.05, 3.63) is 23.8 Å². The number of benzene rings is 1. The molecule has 5 nitrogen and oxygen atoms in total. The first-order valence-corrected chi connectivity index (χ1v) is 4.82. The van der Waals surface area contributed by atoms with Crippen LogP contribution in [0.2, 0.25) is 0 Å². The fraction of sp³-hybridized carbons (Fsp3) is 0.364. The summed E-state index contributed by atoms with van der Waals surface area (Å²) < 4.78 is 10.3. The lowest BCUT2D eigenvalue weighted by atomic mass is 10.0. The van der Waals surface area contributed by atoms with Gasteiger partial charge in [-0.15, -0.1) is 0 Å². The van der Waals surface area contributed by atoms with Gasteiger partial charge in [-0.3, -0.25) is 4.79 Å². The molecule has 0 aliphatic carbocycles. The average molecular weight is 224 g/mol. The first kappa shape index (κ1) is 12.3. The van der Waals surface area contributed by atoms with Gasteiger partial charge in [0.2, 0.25) is 5.91 Å². The van der Waals surface area contributed by atoms with E-state index in [9.17, 15) is 4.79 Å². The van der Waals surface area contributed by atoms with Gasteiger partial charge in [0.25, 0.3) is 0 Å². The molecule has 0 saturated carbocycles. The molecule has 0 aliphatic rings. The molecule has 0 saturated heterocycles. The second kappa shape index (κ2) is 5.37. The highest BCUT2D eigenvalue weighted by Crippen LogP contribution is 2.28. The Morgan fingerprint density at radius 1 is 1.38 bits per heavy atom. The molecule has 0 aromatic heterocycles. The number of hydrogen-bond acceptors (Lipinski definition) is 4. The second-order valence-corrected chi connectivity index (χ2v) is 3.23. The van der Waals surface area contributed by atoms with E-state index in [-0.39, 0.29) is 0 Å². The number of ether oxygens (including phenoxy) is 2. The van der Waals surface area contributed by atoms with Crippen molar-refractivity contribution in [2.45, 2.75) is 6.04 Å². The summed E-state index contributed by atoms with van der Waals surface area (Å²) in [5, 5.41) is 2.83. The molecule has 1 unspecified atom stereocenters. The minimum Gasteiger partial charge on any atom is -0.497 e. The third-order valence-corrected chi connectivity index (χ3v) is 2.32. The Morgan fingerprint density at radius 2 is 2.06 bits per heavy atom. The Balaban J connectivity index is 3.21. The zero-order valence-corrected chi connectivity index (χ0v) is 9.61. The van der Waals surface area contributed by atoms with Gasteiger partial charge in [-0.05, 0) is 25.2 Å². The predicted octanol–water partition coefficient (Wildman–Crippen LogP) is 0.450. The molecule has 0 heterocycles. The lowest BCUT2D eigenvalue weighted by Gasteiger charge is -2.17. The zero-order valence-electron chi connectivity index (χ0n) is 9.61. The number of primary amides is 1. The molecule has 88 valence electrons. The number of nitrogens with one attached hydrogen (secondary N) is 1. The lowest BCUT2D eigenvalue weighted by Crippen LogP contribution is -2.31. The SMILES string of the molecule is CNC(C(N)=O)c1cc(OC)ccc1OC. The maximum absolute atomic E-state index is 11.3. The Bertz CT molecular complexity index is 379. The summed E-state index contributed by atoms with van der Waals surface area (Å²) in [5.41, 5.74) is 5.96. The molecule has 3 N–H and O–H groups in total. The van der Waals surface area contributed by atoms with Crippen molar-refractivity contribution >= 4 is 5.91 Å². The number of likely N-dealkylation sites (N-methyl/N-ethyl adjacent to an activating group) is 1. The monoisotopic (exact) mass is 224 g/mol. The summed E-state index contributed by atoms with van der Waals surface area (Å²) in [5.74, 6) is 0.783. The number of methoxy groups -OCH3 is 2. The summed E-state index contributed by atoms with van der Waals surface area (Å²) in [6.07, 6.45) is 0. The highest BCUT2D eigenvalue weighted by molar-refractivity contribution is 5.82. The zero-order chi connectivity index (χ0) is 12.1. The maximum Gasteiger partial charge on any atom is 0.239 e. The fourth-order valence-corrected chi connectivity index (χ4v) is 1.52. The van der Waals surface area contributed by atoms with E-state index < -0.39 is 11.9 Å².